The minimum absolute atomic E-state index is 0.146. The Balaban J connectivity index is 2.82. The minimum Gasteiger partial charge on any atom is -0.507 e. The van der Waals surface area contributed by atoms with Gasteiger partial charge in [-0.25, -0.2) is 0 Å². The Morgan fingerprint density at radius 2 is 1.62 bits per heavy atom. The predicted molar refractivity (Wildman–Crippen MR) is 113 cm³/mol. The van der Waals surface area contributed by atoms with Gasteiger partial charge in [0.05, 0.1) is 12.5 Å². The average molecular weight is 403 g/mol. The number of nitrogens with zero attached hydrogens (tertiary/aromatic N) is 2. The molecule has 0 fully saturated rings. The summed E-state index contributed by atoms with van der Waals surface area (Å²) >= 11 is 0. The molecule has 0 saturated carbocycles. The number of hydrogen-bond acceptors (Lipinski definition) is 5. The van der Waals surface area contributed by atoms with Gasteiger partial charge in [0.1, 0.15) is 5.75 Å². The smallest absolute Gasteiger partial charge is 0.306 e. The molecular weight excluding hydrogens is 368 g/mol. The van der Waals surface area contributed by atoms with E-state index in [1.807, 2.05) is 59.7 Å². The van der Waals surface area contributed by atoms with Crippen LogP contribution in [0.25, 0.3) is 0 Å². The first-order valence-electron chi connectivity index (χ1n) is 9.90. The molecule has 0 unspecified atom stereocenters. The minimum atomic E-state index is -0.449. The van der Waals surface area contributed by atoms with E-state index >= 15 is 0 Å². The van der Waals surface area contributed by atoms with Crippen molar-refractivity contribution in [2.24, 2.45) is 0 Å². The number of carbonyl (C=O) groups excluding carboxylic acids is 2. The summed E-state index contributed by atoms with van der Waals surface area (Å²) in [6.07, 6.45) is 0.847. The van der Waals surface area contributed by atoms with Crippen molar-refractivity contribution in [1.29, 1.82) is 5.26 Å². The van der Waals surface area contributed by atoms with Gasteiger partial charge in [0.2, 0.25) is 0 Å². The fraction of sp³-hybridized carbons (Fsp3) is 0.609. The number of aryl methyl sites for hydroxylation is 1. The molecule has 0 aliphatic heterocycles. The fourth-order valence-electron chi connectivity index (χ4n) is 2.90. The highest BCUT2D eigenvalue weighted by Gasteiger charge is 2.26. The number of phenols is 1. The highest BCUT2D eigenvalue weighted by Crippen LogP contribution is 2.39. The number of aromatic hydroxyl groups is 1. The van der Waals surface area contributed by atoms with Gasteiger partial charge in [-0.3, -0.25) is 9.59 Å². The summed E-state index contributed by atoms with van der Waals surface area (Å²) in [6, 6.07) is 5.86. The Morgan fingerprint density at radius 1 is 1.10 bits per heavy atom. The van der Waals surface area contributed by atoms with Crippen LogP contribution in [0.3, 0.4) is 0 Å². The van der Waals surface area contributed by atoms with Gasteiger partial charge in [-0.15, -0.1) is 0 Å². The molecule has 1 rings (SSSR count). The van der Waals surface area contributed by atoms with Gasteiger partial charge in [0.25, 0.3) is 5.91 Å². The Morgan fingerprint density at radius 3 is 2.07 bits per heavy atom. The molecule has 1 amide bonds. The van der Waals surface area contributed by atoms with E-state index in [4.69, 9.17) is 10.00 Å². The third-order valence-electron chi connectivity index (χ3n) is 4.74. The van der Waals surface area contributed by atoms with Crippen molar-refractivity contribution >= 4 is 11.9 Å². The van der Waals surface area contributed by atoms with Crippen LogP contribution in [-0.4, -0.2) is 42.1 Å². The largest absolute Gasteiger partial charge is 0.507 e. The second kappa shape index (κ2) is 9.78. The van der Waals surface area contributed by atoms with Crippen molar-refractivity contribution in [3.05, 3.63) is 28.8 Å². The van der Waals surface area contributed by atoms with Crippen molar-refractivity contribution in [1.82, 2.24) is 4.90 Å². The fourth-order valence-corrected chi connectivity index (χ4v) is 2.90. The normalized spacial score (nSPS) is 11.7. The summed E-state index contributed by atoms with van der Waals surface area (Å²) in [4.78, 5) is 25.4. The average Bonchev–Trinajstić information content (AvgIpc) is 2.61. The molecule has 0 aliphatic carbocycles. The van der Waals surface area contributed by atoms with Crippen molar-refractivity contribution < 1.29 is 19.4 Å². The molecule has 29 heavy (non-hydrogen) atoms. The number of esters is 1. The lowest BCUT2D eigenvalue weighted by molar-refractivity contribution is -0.151. The maximum atomic E-state index is 12.1. The van der Waals surface area contributed by atoms with E-state index < -0.39 is 5.97 Å². The van der Waals surface area contributed by atoms with Gasteiger partial charge in [-0.1, -0.05) is 53.7 Å². The number of amides is 1. The summed E-state index contributed by atoms with van der Waals surface area (Å²) in [6.45, 7) is 12.2. The van der Waals surface area contributed by atoms with Gasteiger partial charge in [-0.05, 0) is 33.9 Å². The molecule has 0 radical (unpaired) electrons. The van der Waals surface area contributed by atoms with Gasteiger partial charge in [0, 0.05) is 20.0 Å². The molecule has 0 heterocycles. The van der Waals surface area contributed by atoms with Crippen LogP contribution in [0.2, 0.25) is 0 Å². The summed E-state index contributed by atoms with van der Waals surface area (Å²) < 4.78 is 5.08. The molecule has 6 nitrogen and oxygen atoms in total. The highest BCUT2D eigenvalue weighted by molar-refractivity contribution is 5.80. The SMILES string of the molecule is CN(CCC#N)C(=O)COC(=O)CCc1cc(C(C)(C)C)c(O)c(C(C)(C)C)c1. The maximum absolute atomic E-state index is 12.1. The number of hydrogen-bond donors (Lipinski definition) is 1. The Hall–Kier alpha value is -2.55. The third kappa shape index (κ3) is 7.41. The summed E-state index contributed by atoms with van der Waals surface area (Å²) in [5.74, 6) is -0.472. The monoisotopic (exact) mass is 402 g/mol. The van der Waals surface area contributed by atoms with Crippen LogP contribution in [0.5, 0.6) is 5.75 Å². The lowest BCUT2D eigenvalue weighted by Crippen LogP contribution is -2.31. The predicted octanol–water partition coefficient (Wildman–Crippen LogP) is 3.84. The van der Waals surface area contributed by atoms with E-state index in [0.29, 0.717) is 18.7 Å². The second-order valence-corrected chi connectivity index (χ2v) is 9.42. The van der Waals surface area contributed by atoms with Crippen LogP contribution in [-0.2, 0) is 31.6 Å². The molecule has 1 aromatic rings. The number of likely N-dealkylation sites (N-methyl/N-ethyl adjacent to an activating group) is 1. The molecule has 1 N–H and O–H groups in total. The number of carbonyl (C=O) groups is 2. The van der Waals surface area contributed by atoms with E-state index in [2.05, 4.69) is 0 Å². The zero-order chi connectivity index (χ0) is 22.4. The summed E-state index contributed by atoms with van der Waals surface area (Å²) in [5.41, 5.74) is 2.18. The van der Waals surface area contributed by atoms with Crippen molar-refractivity contribution in [3.63, 3.8) is 0 Å². The van der Waals surface area contributed by atoms with E-state index in [1.165, 1.54) is 4.90 Å². The standard InChI is InChI=1S/C23H34N2O4/c1-22(2,3)17-13-16(14-18(21(17)28)23(4,5)6)9-10-20(27)29-15-19(26)25(7)12-8-11-24/h13-14,28H,8-10,12,15H2,1-7H3. The van der Waals surface area contributed by atoms with E-state index in [9.17, 15) is 14.7 Å². The molecule has 6 heteroatoms. The molecule has 1 aromatic carbocycles. The van der Waals surface area contributed by atoms with Crippen molar-refractivity contribution in [2.45, 2.75) is 71.6 Å². The van der Waals surface area contributed by atoms with Gasteiger partial charge in [-0.2, -0.15) is 5.26 Å². The van der Waals surface area contributed by atoms with Crippen LogP contribution in [0.1, 0.15) is 71.1 Å². The number of phenolic OH excluding ortho intramolecular Hbond substituents is 1. The van der Waals surface area contributed by atoms with Gasteiger partial charge >= 0.3 is 5.97 Å². The number of nitriles is 1. The van der Waals surface area contributed by atoms with Crippen molar-refractivity contribution in [3.8, 4) is 11.8 Å². The zero-order valence-electron chi connectivity index (χ0n) is 18.8. The second-order valence-electron chi connectivity index (χ2n) is 9.42. The molecule has 0 aromatic heterocycles. The quantitative estimate of drug-likeness (QED) is 0.700. The first-order chi connectivity index (χ1) is 13.3. The molecule has 0 bridgehead atoms. The van der Waals surface area contributed by atoms with Gasteiger partial charge in [0.15, 0.2) is 6.61 Å². The van der Waals surface area contributed by atoms with Crippen LogP contribution in [0.15, 0.2) is 12.1 Å². The highest BCUT2D eigenvalue weighted by atomic mass is 16.5. The summed E-state index contributed by atoms with van der Waals surface area (Å²) in [7, 11) is 1.58. The maximum Gasteiger partial charge on any atom is 0.306 e. The van der Waals surface area contributed by atoms with Crippen LogP contribution >= 0.6 is 0 Å². The van der Waals surface area contributed by atoms with Gasteiger partial charge < -0.3 is 14.7 Å². The lowest BCUT2D eigenvalue weighted by atomic mass is 9.78. The van der Waals surface area contributed by atoms with Crippen molar-refractivity contribution in [2.75, 3.05) is 20.2 Å². The Labute approximate surface area is 174 Å². The Bertz CT molecular complexity index is 745. The van der Waals surface area contributed by atoms with E-state index in [0.717, 1.165) is 16.7 Å². The zero-order valence-corrected chi connectivity index (χ0v) is 18.8. The first-order valence-corrected chi connectivity index (χ1v) is 9.90. The number of ether oxygens (including phenoxy) is 1. The molecular formula is C23H34N2O4. The lowest BCUT2D eigenvalue weighted by Gasteiger charge is -2.28. The molecule has 160 valence electrons. The molecule has 0 saturated heterocycles. The Kier molecular flexibility index (Phi) is 8.25. The number of benzene rings is 1. The summed E-state index contributed by atoms with van der Waals surface area (Å²) in [5, 5.41) is 19.3. The van der Waals surface area contributed by atoms with Crippen LogP contribution in [0, 0.1) is 11.3 Å². The molecule has 0 aliphatic rings. The number of rotatable bonds is 7. The van der Waals surface area contributed by atoms with Crippen LogP contribution in [0.4, 0.5) is 0 Å². The van der Waals surface area contributed by atoms with Crippen LogP contribution < -0.4 is 0 Å². The van der Waals surface area contributed by atoms with E-state index in [1.54, 1.807) is 7.05 Å². The topological polar surface area (TPSA) is 90.6 Å². The molecule has 0 atom stereocenters. The first kappa shape index (κ1) is 24.5. The van der Waals surface area contributed by atoms with E-state index in [-0.39, 0.29) is 36.2 Å². The third-order valence-corrected chi connectivity index (χ3v) is 4.74. The molecule has 0 spiro atoms.